The van der Waals surface area contributed by atoms with E-state index in [0.29, 0.717) is 6.61 Å². The van der Waals surface area contributed by atoms with E-state index in [1.165, 1.54) is 5.56 Å². The van der Waals surface area contributed by atoms with Crippen molar-refractivity contribution in [2.24, 2.45) is 0 Å². The third kappa shape index (κ3) is 2.34. The number of hydrogen-bond donors (Lipinski definition) is 0. The molecule has 2 rings (SSSR count). The van der Waals surface area contributed by atoms with Gasteiger partial charge in [0.05, 0.1) is 6.61 Å². The predicted octanol–water partition coefficient (Wildman–Crippen LogP) is 2.38. The molecule has 1 aromatic rings. The number of ether oxygens (including phenoxy) is 1. The van der Waals surface area contributed by atoms with Crippen molar-refractivity contribution in [2.75, 3.05) is 6.61 Å². The van der Waals surface area contributed by atoms with Crippen LogP contribution in [0.3, 0.4) is 0 Å². The Morgan fingerprint density at radius 1 is 1.41 bits per heavy atom. The molecule has 17 heavy (non-hydrogen) atoms. The van der Waals surface area contributed by atoms with E-state index in [0.717, 1.165) is 0 Å². The lowest BCUT2D eigenvalue weighted by Crippen LogP contribution is -2.18. The second kappa shape index (κ2) is 4.88. The lowest BCUT2D eigenvalue weighted by atomic mass is 10.1. The summed E-state index contributed by atoms with van der Waals surface area (Å²) >= 11 is 0. The van der Waals surface area contributed by atoms with Crippen LogP contribution in [0.2, 0.25) is 0 Å². The number of rotatable bonds is 4. The highest BCUT2D eigenvalue weighted by Gasteiger charge is 2.52. The molecule has 0 saturated carbocycles. The van der Waals surface area contributed by atoms with E-state index in [-0.39, 0.29) is 24.1 Å². The number of hydrogen-bond acceptors (Lipinski definition) is 3. The van der Waals surface area contributed by atoms with E-state index in [4.69, 9.17) is 4.74 Å². The maximum absolute atomic E-state index is 11.7. The molecule has 3 heteroatoms. The zero-order chi connectivity index (χ0) is 12.4. The summed E-state index contributed by atoms with van der Waals surface area (Å²) in [4.78, 5) is 13.9. The predicted molar refractivity (Wildman–Crippen MR) is 66.6 cm³/mol. The number of carbonyl (C=O) groups is 1. The van der Waals surface area contributed by atoms with Gasteiger partial charge in [-0.05, 0) is 26.3 Å². The molecule has 0 amide bonds. The molecule has 1 heterocycles. The van der Waals surface area contributed by atoms with Crippen LogP contribution in [0.25, 0.3) is 0 Å². The van der Waals surface area contributed by atoms with Gasteiger partial charge in [-0.2, -0.15) is 0 Å². The Labute approximate surface area is 102 Å². The van der Waals surface area contributed by atoms with E-state index in [1.807, 2.05) is 25.1 Å². The highest BCUT2D eigenvalue weighted by Crippen LogP contribution is 2.38. The molecule has 1 saturated heterocycles. The standard InChI is InChI=1S/C14H19NO2/c1-4-17-14(16)13-11(3)15(13)10(2)12-8-6-5-7-9-12/h5-11,13H,4H2,1-3H3/t10-,11-,13+,15?/m1/s1. The molecule has 3 nitrogen and oxygen atoms in total. The summed E-state index contributed by atoms with van der Waals surface area (Å²) in [5.74, 6) is -0.0946. The maximum atomic E-state index is 11.7. The topological polar surface area (TPSA) is 29.3 Å². The van der Waals surface area contributed by atoms with Crippen molar-refractivity contribution in [3.63, 3.8) is 0 Å². The second-order valence-corrected chi connectivity index (χ2v) is 4.47. The number of nitrogens with zero attached hydrogens (tertiary/aromatic N) is 1. The van der Waals surface area contributed by atoms with Gasteiger partial charge in [0.2, 0.25) is 0 Å². The molecule has 1 aromatic carbocycles. The molecule has 1 unspecified atom stereocenters. The van der Waals surface area contributed by atoms with Gasteiger partial charge in [0, 0.05) is 12.1 Å². The minimum Gasteiger partial charge on any atom is -0.465 e. The van der Waals surface area contributed by atoms with E-state index in [9.17, 15) is 4.79 Å². The van der Waals surface area contributed by atoms with Gasteiger partial charge in [-0.3, -0.25) is 9.69 Å². The Balaban J connectivity index is 2.03. The fraction of sp³-hybridized carbons (Fsp3) is 0.500. The van der Waals surface area contributed by atoms with Crippen LogP contribution < -0.4 is 0 Å². The molecule has 0 N–H and O–H groups in total. The van der Waals surface area contributed by atoms with Crippen LogP contribution in [0, 0.1) is 0 Å². The fourth-order valence-corrected chi connectivity index (χ4v) is 2.41. The first-order valence-electron chi connectivity index (χ1n) is 6.15. The minimum atomic E-state index is -0.0946. The van der Waals surface area contributed by atoms with Crippen molar-refractivity contribution in [1.29, 1.82) is 0 Å². The Hall–Kier alpha value is -1.35. The minimum absolute atomic E-state index is 0.0647. The summed E-state index contributed by atoms with van der Waals surface area (Å²) in [6, 6.07) is 10.7. The van der Waals surface area contributed by atoms with E-state index in [2.05, 4.69) is 30.9 Å². The van der Waals surface area contributed by atoms with Crippen molar-refractivity contribution in [3.05, 3.63) is 35.9 Å². The number of benzene rings is 1. The maximum Gasteiger partial charge on any atom is 0.325 e. The lowest BCUT2D eigenvalue weighted by Gasteiger charge is -2.14. The van der Waals surface area contributed by atoms with Crippen molar-refractivity contribution in [3.8, 4) is 0 Å². The normalized spacial score (nSPS) is 28.5. The van der Waals surface area contributed by atoms with Crippen LogP contribution in [-0.4, -0.2) is 29.6 Å². The average molecular weight is 233 g/mol. The summed E-state index contributed by atoms with van der Waals surface area (Å²) in [6.07, 6.45) is 0. The first kappa shape index (κ1) is 12.1. The van der Waals surface area contributed by atoms with Gasteiger partial charge in [-0.25, -0.2) is 0 Å². The van der Waals surface area contributed by atoms with Crippen LogP contribution in [0.5, 0.6) is 0 Å². The summed E-state index contributed by atoms with van der Waals surface area (Å²) < 4.78 is 5.07. The van der Waals surface area contributed by atoms with Crippen LogP contribution >= 0.6 is 0 Å². The smallest absolute Gasteiger partial charge is 0.325 e. The summed E-state index contributed by atoms with van der Waals surface area (Å²) in [5, 5.41) is 0. The SMILES string of the molecule is CCOC(=O)[C@@H]1[C@@H](C)N1[C@H](C)c1ccccc1. The summed E-state index contributed by atoms with van der Waals surface area (Å²) in [6.45, 7) is 6.50. The van der Waals surface area contributed by atoms with Crippen LogP contribution in [-0.2, 0) is 9.53 Å². The van der Waals surface area contributed by atoms with Gasteiger partial charge in [0.15, 0.2) is 0 Å². The Bertz CT molecular complexity index is 390. The second-order valence-electron chi connectivity index (χ2n) is 4.47. The number of esters is 1. The zero-order valence-electron chi connectivity index (χ0n) is 10.6. The van der Waals surface area contributed by atoms with E-state index < -0.39 is 0 Å². The largest absolute Gasteiger partial charge is 0.465 e. The Kier molecular flexibility index (Phi) is 3.48. The first-order valence-corrected chi connectivity index (χ1v) is 6.15. The van der Waals surface area contributed by atoms with Gasteiger partial charge < -0.3 is 4.74 Å². The van der Waals surface area contributed by atoms with E-state index in [1.54, 1.807) is 0 Å². The van der Waals surface area contributed by atoms with Crippen molar-refractivity contribution >= 4 is 5.97 Å². The van der Waals surface area contributed by atoms with Gasteiger partial charge >= 0.3 is 5.97 Å². The fourth-order valence-electron chi connectivity index (χ4n) is 2.41. The summed E-state index contributed by atoms with van der Waals surface area (Å²) in [5.41, 5.74) is 1.24. The molecule has 0 radical (unpaired) electrons. The van der Waals surface area contributed by atoms with Gasteiger partial charge in [-0.15, -0.1) is 0 Å². The van der Waals surface area contributed by atoms with Crippen LogP contribution in [0.4, 0.5) is 0 Å². The molecule has 0 aliphatic carbocycles. The highest BCUT2D eigenvalue weighted by atomic mass is 16.5. The average Bonchev–Trinajstić information content (AvgIpc) is 3.01. The van der Waals surface area contributed by atoms with Crippen molar-refractivity contribution in [2.45, 2.75) is 38.9 Å². The summed E-state index contributed by atoms with van der Waals surface area (Å²) in [7, 11) is 0. The molecule has 92 valence electrons. The molecule has 0 spiro atoms. The van der Waals surface area contributed by atoms with Gasteiger partial charge in [-0.1, -0.05) is 30.3 Å². The third-order valence-corrected chi connectivity index (χ3v) is 3.42. The molecule has 1 aliphatic heterocycles. The third-order valence-electron chi connectivity index (χ3n) is 3.42. The Morgan fingerprint density at radius 3 is 2.65 bits per heavy atom. The zero-order valence-corrected chi connectivity index (χ0v) is 10.6. The van der Waals surface area contributed by atoms with Crippen molar-refractivity contribution < 1.29 is 9.53 Å². The Morgan fingerprint density at radius 2 is 2.06 bits per heavy atom. The number of carbonyl (C=O) groups excluding carboxylic acids is 1. The monoisotopic (exact) mass is 233 g/mol. The van der Waals surface area contributed by atoms with Crippen LogP contribution in [0.15, 0.2) is 30.3 Å². The van der Waals surface area contributed by atoms with Crippen molar-refractivity contribution in [1.82, 2.24) is 4.90 Å². The molecule has 4 atom stereocenters. The molecule has 0 bridgehead atoms. The quantitative estimate of drug-likeness (QED) is 0.590. The van der Waals surface area contributed by atoms with E-state index >= 15 is 0 Å². The lowest BCUT2D eigenvalue weighted by molar-refractivity contribution is -0.143. The highest BCUT2D eigenvalue weighted by molar-refractivity contribution is 5.80. The molecular formula is C14H19NO2. The molecule has 1 aliphatic rings. The molecule has 1 fully saturated rings. The molecule has 0 aromatic heterocycles. The van der Waals surface area contributed by atoms with Gasteiger partial charge in [0.1, 0.15) is 6.04 Å². The molecular weight excluding hydrogens is 214 g/mol. The van der Waals surface area contributed by atoms with Crippen LogP contribution in [0.1, 0.15) is 32.4 Å². The van der Waals surface area contributed by atoms with Gasteiger partial charge in [0.25, 0.3) is 0 Å². The first-order chi connectivity index (χ1) is 8.16.